The number of halogens is 1. The van der Waals surface area contributed by atoms with Gasteiger partial charge in [0.1, 0.15) is 16.5 Å². The maximum Gasteiger partial charge on any atom is 0.270 e. The molecule has 1 N–H and O–H groups in total. The van der Waals surface area contributed by atoms with Gasteiger partial charge in [-0.2, -0.15) is 0 Å². The van der Waals surface area contributed by atoms with Crippen LogP contribution in [0.15, 0.2) is 29.6 Å². The van der Waals surface area contributed by atoms with Gasteiger partial charge in [0, 0.05) is 18.5 Å². The Bertz CT molecular complexity index is 733. The van der Waals surface area contributed by atoms with Gasteiger partial charge < -0.3 is 10.2 Å². The molecule has 1 aromatic heterocycles. The lowest BCUT2D eigenvalue weighted by Crippen LogP contribution is -2.32. The fourth-order valence-corrected chi connectivity index (χ4v) is 3.10. The molecular weight excluding hydrogens is 341 g/mol. The Labute approximate surface area is 150 Å². The number of hydrogen-bond acceptors (Lipinski definition) is 4. The lowest BCUT2D eigenvalue weighted by molar-refractivity contribution is 0.0738. The number of amides is 2. The van der Waals surface area contributed by atoms with Crippen LogP contribution in [0.5, 0.6) is 0 Å². The highest BCUT2D eigenvalue weighted by Gasteiger charge is 2.20. The van der Waals surface area contributed by atoms with Crippen molar-refractivity contribution in [2.45, 2.75) is 33.2 Å². The molecule has 0 aliphatic rings. The summed E-state index contributed by atoms with van der Waals surface area (Å²) < 4.78 is 13.9. The molecule has 0 radical (unpaired) electrons. The van der Waals surface area contributed by atoms with Crippen molar-refractivity contribution in [3.63, 3.8) is 0 Å². The van der Waals surface area contributed by atoms with E-state index in [0.29, 0.717) is 23.8 Å². The van der Waals surface area contributed by atoms with Crippen LogP contribution in [0.3, 0.4) is 0 Å². The summed E-state index contributed by atoms with van der Waals surface area (Å²) >= 11 is 1.32. The number of carbonyl (C=O) groups is 2. The molecule has 0 atom stereocenters. The topological polar surface area (TPSA) is 62.3 Å². The second-order valence-corrected chi connectivity index (χ2v) is 6.53. The smallest absolute Gasteiger partial charge is 0.270 e. The number of nitrogens with one attached hydrogen (secondary N) is 1. The Kier molecular flexibility index (Phi) is 7.06. The van der Waals surface area contributed by atoms with E-state index in [4.69, 9.17) is 0 Å². The van der Waals surface area contributed by atoms with Crippen LogP contribution in [0.1, 0.15) is 52.5 Å². The van der Waals surface area contributed by atoms with Crippen LogP contribution in [-0.2, 0) is 6.54 Å². The van der Waals surface area contributed by atoms with E-state index < -0.39 is 5.82 Å². The molecule has 25 heavy (non-hydrogen) atoms. The first kappa shape index (κ1) is 19.1. The van der Waals surface area contributed by atoms with Gasteiger partial charge in [0.2, 0.25) is 0 Å². The van der Waals surface area contributed by atoms with Crippen molar-refractivity contribution in [2.24, 2.45) is 0 Å². The third-order valence-corrected chi connectivity index (χ3v) is 4.36. The molecule has 134 valence electrons. The highest BCUT2D eigenvalue weighted by Crippen LogP contribution is 2.16. The van der Waals surface area contributed by atoms with Crippen molar-refractivity contribution in [3.05, 3.63) is 51.7 Å². The summed E-state index contributed by atoms with van der Waals surface area (Å²) in [5.74, 6) is -1.12. The zero-order valence-corrected chi connectivity index (χ0v) is 15.2. The van der Waals surface area contributed by atoms with Crippen LogP contribution in [0.2, 0.25) is 0 Å². The van der Waals surface area contributed by atoms with E-state index in [1.165, 1.54) is 23.5 Å². The fourth-order valence-electron chi connectivity index (χ4n) is 2.31. The lowest BCUT2D eigenvalue weighted by Gasteiger charge is -2.21. The van der Waals surface area contributed by atoms with Crippen LogP contribution in [-0.4, -0.2) is 34.8 Å². The molecule has 0 unspecified atom stereocenters. The molecule has 1 aromatic carbocycles. The second kappa shape index (κ2) is 9.27. The minimum absolute atomic E-state index is 0.0495. The van der Waals surface area contributed by atoms with E-state index in [-0.39, 0.29) is 23.9 Å². The molecule has 0 aliphatic heterocycles. The van der Waals surface area contributed by atoms with Crippen molar-refractivity contribution in [1.29, 1.82) is 0 Å². The molecule has 2 rings (SSSR count). The SMILES string of the molecule is CCCNC(=O)c1csc(CN(CCC)C(=O)c2ccccc2F)n1. The Morgan fingerprint density at radius 1 is 1.24 bits per heavy atom. The van der Waals surface area contributed by atoms with Gasteiger partial charge in [-0.05, 0) is 25.0 Å². The molecule has 0 saturated carbocycles. The molecular formula is C18H22FN3O2S. The first-order valence-corrected chi connectivity index (χ1v) is 9.21. The zero-order valence-electron chi connectivity index (χ0n) is 14.4. The van der Waals surface area contributed by atoms with Crippen molar-refractivity contribution in [3.8, 4) is 0 Å². The summed E-state index contributed by atoms with van der Waals surface area (Å²) in [5.41, 5.74) is 0.400. The molecule has 2 aromatic rings. The molecule has 1 heterocycles. The third-order valence-electron chi connectivity index (χ3n) is 3.53. The van der Waals surface area contributed by atoms with Gasteiger partial charge in [-0.25, -0.2) is 9.37 Å². The predicted molar refractivity (Wildman–Crippen MR) is 96.2 cm³/mol. The quantitative estimate of drug-likeness (QED) is 0.781. The maximum absolute atomic E-state index is 13.9. The number of aromatic nitrogens is 1. The Morgan fingerprint density at radius 3 is 2.68 bits per heavy atom. The Morgan fingerprint density at radius 2 is 2.00 bits per heavy atom. The highest BCUT2D eigenvalue weighted by atomic mass is 32.1. The van der Waals surface area contributed by atoms with E-state index in [0.717, 1.165) is 12.8 Å². The van der Waals surface area contributed by atoms with Gasteiger partial charge in [0.15, 0.2) is 0 Å². The van der Waals surface area contributed by atoms with E-state index in [9.17, 15) is 14.0 Å². The number of carbonyl (C=O) groups excluding carboxylic acids is 2. The van der Waals surface area contributed by atoms with Crippen LogP contribution >= 0.6 is 11.3 Å². The third kappa shape index (κ3) is 5.09. The fraction of sp³-hybridized carbons (Fsp3) is 0.389. The number of thiazole rings is 1. The van der Waals surface area contributed by atoms with Crippen molar-refractivity contribution < 1.29 is 14.0 Å². The minimum Gasteiger partial charge on any atom is -0.351 e. The van der Waals surface area contributed by atoms with Crippen LogP contribution in [0.25, 0.3) is 0 Å². The zero-order chi connectivity index (χ0) is 18.2. The summed E-state index contributed by atoms with van der Waals surface area (Å²) in [4.78, 5) is 30.4. The molecule has 0 aliphatic carbocycles. The summed E-state index contributed by atoms with van der Waals surface area (Å²) in [5, 5.41) is 5.10. The van der Waals surface area contributed by atoms with Crippen LogP contribution < -0.4 is 5.32 Å². The summed E-state index contributed by atoms with van der Waals surface area (Å²) in [6.45, 7) is 5.27. The molecule has 0 spiro atoms. The van der Waals surface area contributed by atoms with Crippen molar-refractivity contribution in [2.75, 3.05) is 13.1 Å². The monoisotopic (exact) mass is 363 g/mol. The van der Waals surface area contributed by atoms with Crippen molar-refractivity contribution in [1.82, 2.24) is 15.2 Å². The lowest BCUT2D eigenvalue weighted by atomic mass is 10.2. The summed E-state index contributed by atoms with van der Waals surface area (Å²) in [6, 6.07) is 5.95. The number of benzene rings is 1. The molecule has 5 nitrogen and oxygen atoms in total. The largest absolute Gasteiger partial charge is 0.351 e. The number of hydrogen-bond donors (Lipinski definition) is 1. The van der Waals surface area contributed by atoms with Crippen molar-refractivity contribution >= 4 is 23.2 Å². The second-order valence-electron chi connectivity index (χ2n) is 5.59. The van der Waals surface area contributed by atoms with Gasteiger partial charge in [-0.3, -0.25) is 9.59 Å². The van der Waals surface area contributed by atoms with E-state index in [1.54, 1.807) is 22.4 Å². The van der Waals surface area contributed by atoms with Gasteiger partial charge in [0.25, 0.3) is 11.8 Å². The standard InChI is InChI=1S/C18H22FN3O2S/c1-3-9-20-17(23)15-12-25-16(21-15)11-22(10-4-2)18(24)13-7-5-6-8-14(13)19/h5-8,12H,3-4,9-11H2,1-2H3,(H,20,23). The summed E-state index contributed by atoms with van der Waals surface area (Å²) in [7, 11) is 0. The molecule has 7 heteroatoms. The van der Waals surface area contributed by atoms with Gasteiger partial charge >= 0.3 is 0 Å². The first-order valence-electron chi connectivity index (χ1n) is 8.33. The van der Waals surface area contributed by atoms with E-state index >= 15 is 0 Å². The van der Waals surface area contributed by atoms with Crippen LogP contribution in [0.4, 0.5) is 4.39 Å². The van der Waals surface area contributed by atoms with E-state index in [2.05, 4.69) is 10.3 Å². The average Bonchev–Trinajstić information content (AvgIpc) is 3.08. The van der Waals surface area contributed by atoms with E-state index in [1.807, 2.05) is 13.8 Å². The predicted octanol–water partition coefficient (Wildman–Crippen LogP) is 3.47. The molecule has 0 bridgehead atoms. The normalized spacial score (nSPS) is 10.5. The highest BCUT2D eigenvalue weighted by molar-refractivity contribution is 7.09. The maximum atomic E-state index is 13.9. The van der Waals surface area contributed by atoms with Gasteiger partial charge in [-0.15, -0.1) is 11.3 Å². The molecule has 0 saturated heterocycles. The van der Waals surface area contributed by atoms with Crippen LogP contribution in [0, 0.1) is 5.82 Å². The Balaban J connectivity index is 2.12. The minimum atomic E-state index is -0.535. The molecule has 2 amide bonds. The van der Waals surface area contributed by atoms with Gasteiger partial charge in [-0.1, -0.05) is 26.0 Å². The number of nitrogens with zero attached hydrogens (tertiary/aromatic N) is 2. The van der Waals surface area contributed by atoms with Gasteiger partial charge in [0.05, 0.1) is 12.1 Å². The summed E-state index contributed by atoms with van der Waals surface area (Å²) in [6.07, 6.45) is 1.60. The Hall–Kier alpha value is -2.28. The first-order chi connectivity index (χ1) is 12.1. The molecule has 0 fully saturated rings. The number of rotatable bonds is 8. The average molecular weight is 363 g/mol.